The summed E-state index contributed by atoms with van der Waals surface area (Å²) in [5, 5.41) is 0. The Morgan fingerprint density at radius 3 is 2.65 bits per heavy atom. The first kappa shape index (κ1) is 15.0. The zero-order chi connectivity index (χ0) is 14.8. The van der Waals surface area contributed by atoms with Gasteiger partial charge in [0.05, 0.1) is 5.56 Å². The maximum atomic E-state index is 14.2. The Balaban J connectivity index is 2.39. The van der Waals surface area contributed by atoms with E-state index in [1.807, 2.05) is 24.0 Å². The van der Waals surface area contributed by atoms with Crippen molar-refractivity contribution in [1.82, 2.24) is 4.90 Å². The molecule has 1 unspecified atom stereocenters. The molecule has 0 saturated heterocycles. The van der Waals surface area contributed by atoms with Crippen LogP contribution in [0.4, 0.5) is 17.6 Å². The lowest BCUT2D eigenvalue weighted by molar-refractivity contribution is -0.140. The van der Waals surface area contributed by atoms with Crippen LogP contribution in [0.25, 0.3) is 0 Å². The fourth-order valence-corrected chi connectivity index (χ4v) is 2.60. The molecule has 2 rings (SSSR count). The van der Waals surface area contributed by atoms with Crippen molar-refractivity contribution in [3.05, 3.63) is 47.3 Å². The van der Waals surface area contributed by atoms with E-state index in [4.69, 9.17) is 0 Å². The monoisotopic (exact) mass is 287 g/mol. The molecule has 1 aliphatic rings. The van der Waals surface area contributed by atoms with E-state index in [-0.39, 0.29) is 11.6 Å². The first-order valence-corrected chi connectivity index (χ1v) is 6.69. The van der Waals surface area contributed by atoms with Gasteiger partial charge in [-0.25, -0.2) is 4.39 Å². The van der Waals surface area contributed by atoms with E-state index >= 15 is 0 Å². The maximum absolute atomic E-state index is 14.2. The molecular weight excluding hydrogens is 270 g/mol. The minimum absolute atomic E-state index is 0.137. The molecular formula is C15H17F4N. The molecule has 0 spiro atoms. The molecule has 110 valence electrons. The average molecular weight is 287 g/mol. The standard InChI is InChI=1S/C15H17F4N/c1-2-9-20-10-4-3-8-13(20)11-6-5-7-12(14(11)16)15(17,18)19/h3-7,13H,2,8-10H2,1H3. The van der Waals surface area contributed by atoms with Crippen LogP contribution < -0.4 is 0 Å². The third-order valence-electron chi connectivity index (χ3n) is 3.51. The highest BCUT2D eigenvalue weighted by molar-refractivity contribution is 5.31. The van der Waals surface area contributed by atoms with E-state index in [1.165, 1.54) is 12.1 Å². The van der Waals surface area contributed by atoms with Gasteiger partial charge in [0.15, 0.2) is 0 Å². The van der Waals surface area contributed by atoms with E-state index < -0.39 is 17.6 Å². The predicted molar refractivity (Wildman–Crippen MR) is 69.8 cm³/mol. The van der Waals surface area contributed by atoms with Crippen LogP contribution in [0.3, 0.4) is 0 Å². The highest BCUT2D eigenvalue weighted by Gasteiger charge is 2.36. The van der Waals surface area contributed by atoms with E-state index in [1.54, 1.807) is 0 Å². The second-order valence-electron chi connectivity index (χ2n) is 4.92. The third kappa shape index (κ3) is 3.03. The topological polar surface area (TPSA) is 3.24 Å². The smallest absolute Gasteiger partial charge is 0.292 e. The summed E-state index contributed by atoms with van der Waals surface area (Å²) < 4.78 is 52.5. The van der Waals surface area contributed by atoms with Crippen molar-refractivity contribution in [3.63, 3.8) is 0 Å². The fraction of sp³-hybridized carbons (Fsp3) is 0.467. The van der Waals surface area contributed by atoms with Gasteiger partial charge >= 0.3 is 6.18 Å². The van der Waals surface area contributed by atoms with Crippen LogP contribution in [0.5, 0.6) is 0 Å². The number of hydrogen-bond acceptors (Lipinski definition) is 1. The van der Waals surface area contributed by atoms with Crippen molar-refractivity contribution in [1.29, 1.82) is 0 Å². The molecule has 0 saturated carbocycles. The summed E-state index contributed by atoms with van der Waals surface area (Å²) in [5.74, 6) is -1.14. The van der Waals surface area contributed by atoms with Crippen LogP contribution in [0.15, 0.2) is 30.4 Å². The molecule has 0 fully saturated rings. The molecule has 1 aromatic carbocycles. The van der Waals surface area contributed by atoms with Gasteiger partial charge in [-0.05, 0) is 25.5 Å². The van der Waals surface area contributed by atoms with Crippen molar-refractivity contribution in [2.75, 3.05) is 13.1 Å². The first-order valence-electron chi connectivity index (χ1n) is 6.69. The fourth-order valence-electron chi connectivity index (χ4n) is 2.60. The second kappa shape index (κ2) is 5.95. The molecule has 0 bridgehead atoms. The van der Waals surface area contributed by atoms with Gasteiger partial charge in [-0.2, -0.15) is 13.2 Å². The normalized spacial score (nSPS) is 20.4. The molecule has 0 aliphatic carbocycles. The molecule has 0 N–H and O–H groups in total. The van der Waals surface area contributed by atoms with Crippen molar-refractivity contribution in [2.24, 2.45) is 0 Å². The Labute approximate surface area is 115 Å². The zero-order valence-corrected chi connectivity index (χ0v) is 11.3. The lowest BCUT2D eigenvalue weighted by Crippen LogP contribution is -2.32. The van der Waals surface area contributed by atoms with E-state index in [9.17, 15) is 17.6 Å². The van der Waals surface area contributed by atoms with Crippen molar-refractivity contribution < 1.29 is 17.6 Å². The summed E-state index contributed by atoms with van der Waals surface area (Å²) >= 11 is 0. The number of halogens is 4. The van der Waals surface area contributed by atoms with Crippen LogP contribution in [-0.4, -0.2) is 18.0 Å². The minimum Gasteiger partial charge on any atom is -0.292 e. The molecule has 1 atom stereocenters. The minimum atomic E-state index is -4.65. The molecule has 0 radical (unpaired) electrons. The average Bonchev–Trinajstić information content (AvgIpc) is 2.39. The molecule has 0 aromatic heterocycles. The first-order chi connectivity index (χ1) is 9.45. The van der Waals surface area contributed by atoms with Gasteiger partial charge in [-0.3, -0.25) is 4.90 Å². The van der Waals surface area contributed by atoms with Crippen LogP contribution >= 0.6 is 0 Å². The molecule has 1 aliphatic heterocycles. The predicted octanol–water partition coefficient (Wildman–Crippen LogP) is 4.56. The van der Waals surface area contributed by atoms with Crippen LogP contribution in [0.1, 0.15) is 36.9 Å². The third-order valence-corrected chi connectivity index (χ3v) is 3.51. The summed E-state index contributed by atoms with van der Waals surface area (Å²) in [6, 6.07) is 3.21. The SMILES string of the molecule is CCCN1CC=CCC1c1cccc(C(F)(F)F)c1F. The largest absolute Gasteiger partial charge is 0.419 e. The lowest BCUT2D eigenvalue weighted by atomic mass is 9.96. The van der Waals surface area contributed by atoms with E-state index in [2.05, 4.69) is 0 Å². The van der Waals surface area contributed by atoms with E-state index in [0.29, 0.717) is 13.0 Å². The molecule has 1 nitrogen and oxygen atoms in total. The number of benzene rings is 1. The summed E-state index contributed by atoms with van der Waals surface area (Å²) in [7, 11) is 0. The van der Waals surface area contributed by atoms with Crippen LogP contribution in [-0.2, 0) is 6.18 Å². The molecule has 0 amide bonds. The number of hydrogen-bond donors (Lipinski definition) is 0. The highest BCUT2D eigenvalue weighted by atomic mass is 19.4. The summed E-state index contributed by atoms with van der Waals surface area (Å²) in [6.07, 6.45) is 0.636. The number of alkyl halides is 3. The Kier molecular flexibility index (Phi) is 4.48. The van der Waals surface area contributed by atoms with Crippen molar-refractivity contribution >= 4 is 0 Å². The maximum Gasteiger partial charge on any atom is 0.419 e. The van der Waals surface area contributed by atoms with Crippen molar-refractivity contribution in [2.45, 2.75) is 32.0 Å². The van der Waals surface area contributed by atoms with Gasteiger partial charge in [0, 0.05) is 18.2 Å². The summed E-state index contributed by atoms with van der Waals surface area (Å²) in [4.78, 5) is 2.01. The Morgan fingerprint density at radius 2 is 2.00 bits per heavy atom. The Bertz CT molecular complexity index is 493. The van der Waals surface area contributed by atoms with Gasteiger partial charge in [0.2, 0.25) is 0 Å². The quantitative estimate of drug-likeness (QED) is 0.582. The second-order valence-corrected chi connectivity index (χ2v) is 4.92. The van der Waals surface area contributed by atoms with Gasteiger partial charge in [-0.1, -0.05) is 31.2 Å². The molecule has 5 heteroatoms. The van der Waals surface area contributed by atoms with Crippen molar-refractivity contribution in [3.8, 4) is 0 Å². The van der Waals surface area contributed by atoms with Gasteiger partial charge < -0.3 is 0 Å². The Morgan fingerprint density at radius 1 is 1.25 bits per heavy atom. The Hall–Kier alpha value is -1.36. The lowest BCUT2D eigenvalue weighted by Gasteiger charge is -2.33. The highest BCUT2D eigenvalue weighted by Crippen LogP contribution is 2.36. The zero-order valence-electron chi connectivity index (χ0n) is 11.3. The van der Waals surface area contributed by atoms with Gasteiger partial charge in [0.25, 0.3) is 0 Å². The summed E-state index contributed by atoms with van der Waals surface area (Å²) in [6.45, 7) is 3.39. The molecule has 1 heterocycles. The van der Waals surface area contributed by atoms with Crippen LogP contribution in [0, 0.1) is 5.82 Å². The summed E-state index contributed by atoms with van der Waals surface area (Å²) in [5.41, 5.74) is -1.04. The molecule has 20 heavy (non-hydrogen) atoms. The van der Waals surface area contributed by atoms with Gasteiger partial charge in [-0.15, -0.1) is 0 Å². The molecule has 1 aromatic rings. The van der Waals surface area contributed by atoms with E-state index in [0.717, 1.165) is 19.0 Å². The number of rotatable bonds is 3. The number of nitrogens with zero attached hydrogens (tertiary/aromatic N) is 1. The van der Waals surface area contributed by atoms with Crippen LogP contribution in [0.2, 0.25) is 0 Å². The van der Waals surface area contributed by atoms with Gasteiger partial charge in [0.1, 0.15) is 5.82 Å².